The fourth-order valence-electron chi connectivity index (χ4n) is 1.68. The lowest BCUT2D eigenvalue weighted by atomic mass is 9.92. The van der Waals surface area contributed by atoms with Gasteiger partial charge >= 0.3 is 0 Å². The Labute approximate surface area is 85.0 Å². The van der Waals surface area contributed by atoms with Gasteiger partial charge in [-0.3, -0.25) is 0 Å². The largest absolute Gasteiger partial charge is 0.324 e. The topological polar surface area (TPSA) is 26.0 Å². The van der Waals surface area contributed by atoms with Gasteiger partial charge in [-0.25, -0.2) is 0 Å². The van der Waals surface area contributed by atoms with Crippen LogP contribution in [0.15, 0.2) is 11.4 Å². The van der Waals surface area contributed by atoms with E-state index in [9.17, 15) is 0 Å². The van der Waals surface area contributed by atoms with Gasteiger partial charge in [0.25, 0.3) is 0 Å². The van der Waals surface area contributed by atoms with Crippen LogP contribution in [0.5, 0.6) is 0 Å². The molecule has 0 bridgehead atoms. The van der Waals surface area contributed by atoms with Crippen LogP contribution in [0.25, 0.3) is 0 Å². The molecule has 1 aromatic heterocycles. The highest BCUT2D eigenvalue weighted by Crippen LogP contribution is 2.28. The standard InChI is InChI=1S/C11H19NS/c1-4-5-8(2)11(12)10-6-7-13-9(10)3/h6-8,11H,4-5,12H2,1-3H3. The minimum absolute atomic E-state index is 0.228. The van der Waals surface area contributed by atoms with E-state index in [2.05, 4.69) is 32.2 Å². The van der Waals surface area contributed by atoms with Crippen LogP contribution in [0, 0.1) is 12.8 Å². The summed E-state index contributed by atoms with van der Waals surface area (Å²) >= 11 is 1.79. The zero-order chi connectivity index (χ0) is 9.84. The second kappa shape index (κ2) is 4.77. The van der Waals surface area contributed by atoms with Crippen molar-refractivity contribution in [1.82, 2.24) is 0 Å². The van der Waals surface area contributed by atoms with Crippen LogP contribution in [-0.4, -0.2) is 0 Å². The Bertz CT molecular complexity index is 254. The molecule has 0 radical (unpaired) electrons. The van der Waals surface area contributed by atoms with E-state index in [1.807, 2.05) is 0 Å². The van der Waals surface area contributed by atoms with Crippen LogP contribution in [0.3, 0.4) is 0 Å². The first kappa shape index (κ1) is 10.7. The fourth-order valence-corrected chi connectivity index (χ4v) is 2.44. The van der Waals surface area contributed by atoms with Crippen molar-refractivity contribution in [3.63, 3.8) is 0 Å². The second-order valence-corrected chi connectivity index (χ2v) is 4.84. The van der Waals surface area contributed by atoms with Gasteiger partial charge in [0.05, 0.1) is 0 Å². The van der Waals surface area contributed by atoms with E-state index in [0.29, 0.717) is 5.92 Å². The molecule has 74 valence electrons. The predicted molar refractivity (Wildman–Crippen MR) is 60.1 cm³/mol. The summed E-state index contributed by atoms with van der Waals surface area (Å²) in [6.07, 6.45) is 2.44. The van der Waals surface area contributed by atoms with Gasteiger partial charge in [-0.15, -0.1) is 11.3 Å². The van der Waals surface area contributed by atoms with E-state index in [0.717, 1.165) is 0 Å². The highest BCUT2D eigenvalue weighted by atomic mass is 32.1. The zero-order valence-corrected chi connectivity index (χ0v) is 9.53. The molecule has 13 heavy (non-hydrogen) atoms. The van der Waals surface area contributed by atoms with E-state index in [-0.39, 0.29) is 6.04 Å². The van der Waals surface area contributed by atoms with Crippen molar-refractivity contribution in [1.29, 1.82) is 0 Å². The molecular formula is C11H19NS. The monoisotopic (exact) mass is 197 g/mol. The summed E-state index contributed by atoms with van der Waals surface area (Å²) in [4.78, 5) is 1.37. The molecule has 0 fully saturated rings. The van der Waals surface area contributed by atoms with E-state index < -0.39 is 0 Å². The summed E-state index contributed by atoms with van der Waals surface area (Å²) in [7, 11) is 0. The second-order valence-electron chi connectivity index (χ2n) is 3.72. The lowest BCUT2D eigenvalue weighted by molar-refractivity contribution is 0.433. The van der Waals surface area contributed by atoms with E-state index >= 15 is 0 Å². The van der Waals surface area contributed by atoms with Crippen LogP contribution in [0.4, 0.5) is 0 Å². The Balaban J connectivity index is 2.67. The third-order valence-electron chi connectivity index (χ3n) is 2.62. The third kappa shape index (κ3) is 2.55. The quantitative estimate of drug-likeness (QED) is 0.785. The Morgan fingerprint density at radius 3 is 2.69 bits per heavy atom. The molecule has 0 saturated heterocycles. The van der Waals surface area contributed by atoms with Crippen molar-refractivity contribution in [2.24, 2.45) is 11.7 Å². The SMILES string of the molecule is CCCC(C)C(N)c1ccsc1C. The van der Waals surface area contributed by atoms with E-state index in [1.54, 1.807) is 11.3 Å². The number of nitrogens with two attached hydrogens (primary N) is 1. The average molecular weight is 197 g/mol. The van der Waals surface area contributed by atoms with Crippen molar-refractivity contribution in [3.8, 4) is 0 Å². The Hall–Kier alpha value is -0.340. The number of aryl methyl sites for hydroxylation is 1. The molecule has 0 spiro atoms. The van der Waals surface area contributed by atoms with Crippen molar-refractivity contribution in [2.75, 3.05) is 0 Å². The maximum atomic E-state index is 6.18. The van der Waals surface area contributed by atoms with Crippen molar-refractivity contribution < 1.29 is 0 Å². The molecular weight excluding hydrogens is 178 g/mol. The Kier molecular flexibility index (Phi) is 3.94. The van der Waals surface area contributed by atoms with Crippen molar-refractivity contribution >= 4 is 11.3 Å². The van der Waals surface area contributed by atoms with E-state index in [4.69, 9.17) is 5.73 Å². The summed E-state index contributed by atoms with van der Waals surface area (Å²) in [5.74, 6) is 0.596. The molecule has 0 amide bonds. The van der Waals surface area contributed by atoms with Gasteiger partial charge < -0.3 is 5.73 Å². The average Bonchev–Trinajstić information content (AvgIpc) is 2.50. The highest BCUT2D eigenvalue weighted by molar-refractivity contribution is 7.10. The van der Waals surface area contributed by atoms with Crippen LogP contribution in [0.2, 0.25) is 0 Å². The number of rotatable bonds is 4. The molecule has 0 aliphatic rings. The van der Waals surface area contributed by atoms with Gasteiger partial charge in [-0.1, -0.05) is 20.3 Å². The smallest absolute Gasteiger partial charge is 0.0331 e. The third-order valence-corrected chi connectivity index (χ3v) is 3.48. The Morgan fingerprint density at radius 2 is 2.23 bits per heavy atom. The fraction of sp³-hybridized carbons (Fsp3) is 0.636. The molecule has 2 heteroatoms. The minimum atomic E-state index is 0.228. The molecule has 2 unspecified atom stereocenters. The summed E-state index contributed by atoms with van der Waals surface area (Å²) in [5.41, 5.74) is 7.52. The summed E-state index contributed by atoms with van der Waals surface area (Å²) in [5, 5.41) is 2.13. The van der Waals surface area contributed by atoms with Gasteiger partial charge in [-0.2, -0.15) is 0 Å². The van der Waals surface area contributed by atoms with Crippen LogP contribution in [-0.2, 0) is 0 Å². The van der Waals surface area contributed by atoms with Gasteiger partial charge in [0.15, 0.2) is 0 Å². The molecule has 0 saturated carbocycles. The zero-order valence-electron chi connectivity index (χ0n) is 8.71. The molecule has 1 aromatic rings. The molecule has 1 nitrogen and oxygen atoms in total. The molecule has 1 heterocycles. The van der Waals surface area contributed by atoms with E-state index in [1.165, 1.54) is 23.3 Å². The highest BCUT2D eigenvalue weighted by Gasteiger charge is 2.16. The van der Waals surface area contributed by atoms with Crippen LogP contribution in [0.1, 0.15) is 43.2 Å². The molecule has 0 aromatic carbocycles. The lowest BCUT2D eigenvalue weighted by Crippen LogP contribution is -2.19. The van der Waals surface area contributed by atoms with Gasteiger partial charge in [-0.05, 0) is 36.3 Å². The first-order valence-electron chi connectivity index (χ1n) is 4.96. The van der Waals surface area contributed by atoms with Crippen molar-refractivity contribution in [3.05, 3.63) is 21.9 Å². The predicted octanol–water partition coefficient (Wildman–Crippen LogP) is 3.49. The minimum Gasteiger partial charge on any atom is -0.324 e. The van der Waals surface area contributed by atoms with Crippen molar-refractivity contribution in [2.45, 2.75) is 39.7 Å². The number of hydrogen-bond donors (Lipinski definition) is 1. The molecule has 2 N–H and O–H groups in total. The molecule has 0 aliphatic heterocycles. The van der Waals surface area contributed by atoms with Gasteiger partial charge in [0, 0.05) is 10.9 Å². The van der Waals surface area contributed by atoms with Gasteiger partial charge in [0.1, 0.15) is 0 Å². The maximum absolute atomic E-state index is 6.18. The Morgan fingerprint density at radius 1 is 1.54 bits per heavy atom. The van der Waals surface area contributed by atoms with Crippen LogP contribution < -0.4 is 5.73 Å². The summed E-state index contributed by atoms with van der Waals surface area (Å²) in [6, 6.07) is 2.39. The number of hydrogen-bond acceptors (Lipinski definition) is 2. The summed E-state index contributed by atoms with van der Waals surface area (Å²) < 4.78 is 0. The molecule has 1 rings (SSSR count). The summed E-state index contributed by atoms with van der Waals surface area (Å²) in [6.45, 7) is 6.60. The maximum Gasteiger partial charge on any atom is 0.0331 e. The molecule has 0 aliphatic carbocycles. The number of thiophene rings is 1. The normalized spacial score (nSPS) is 15.7. The first-order valence-corrected chi connectivity index (χ1v) is 5.84. The lowest BCUT2D eigenvalue weighted by Gasteiger charge is -2.19. The van der Waals surface area contributed by atoms with Crippen LogP contribution >= 0.6 is 11.3 Å². The van der Waals surface area contributed by atoms with Gasteiger partial charge in [0.2, 0.25) is 0 Å². The molecule has 2 atom stereocenters. The first-order chi connectivity index (χ1) is 6.16.